The Hall–Kier alpha value is -1.34. The van der Waals surface area contributed by atoms with Crippen molar-refractivity contribution in [1.82, 2.24) is 10.6 Å². The van der Waals surface area contributed by atoms with Crippen molar-refractivity contribution >= 4 is 12.0 Å². The van der Waals surface area contributed by atoms with Crippen molar-refractivity contribution in [2.75, 3.05) is 32.9 Å². The van der Waals surface area contributed by atoms with Crippen molar-refractivity contribution in [2.24, 2.45) is 0 Å². The second-order valence-electron chi connectivity index (χ2n) is 3.53. The van der Waals surface area contributed by atoms with Gasteiger partial charge >= 0.3 is 12.0 Å². The van der Waals surface area contributed by atoms with E-state index in [2.05, 4.69) is 10.6 Å². The zero-order valence-electron chi connectivity index (χ0n) is 11.9. The molecule has 0 rings (SSSR count). The van der Waals surface area contributed by atoms with Crippen molar-refractivity contribution in [3.63, 3.8) is 0 Å². The number of ether oxygens (including phenoxy) is 3. The van der Waals surface area contributed by atoms with Gasteiger partial charge in [0.15, 0.2) is 6.29 Å². The largest absolute Gasteiger partial charge is 0.466 e. The summed E-state index contributed by atoms with van der Waals surface area (Å²) >= 11 is 0. The number of urea groups is 1. The summed E-state index contributed by atoms with van der Waals surface area (Å²) in [5, 5.41) is 5.16. The van der Waals surface area contributed by atoms with Gasteiger partial charge in [0.05, 0.1) is 19.6 Å². The Labute approximate surface area is 114 Å². The molecule has 0 spiro atoms. The first-order valence-electron chi connectivity index (χ1n) is 6.54. The third-order valence-corrected chi connectivity index (χ3v) is 2.05. The summed E-state index contributed by atoms with van der Waals surface area (Å²) in [7, 11) is 0. The van der Waals surface area contributed by atoms with Crippen LogP contribution in [0.25, 0.3) is 0 Å². The van der Waals surface area contributed by atoms with Crippen LogP contribution in [-0.2, 0) is 19.0 Å². The van der Waals surface area contributed by atoms with Gasteiger partial charge < -0.3 is 24.8 Å². The van der Waals surface area contributed by atoms with Crippen molar-refractivity contribution in [3.05, 3.63) is 0 Å². The number of hydrogen-bond donors (Lipinski definition) is 2. The van der Waals surface area contributed by atoms with E-state index in [4.69, 9.17) is 14.2 Å². The maximum absolute atomic E-state index is 11.4. The molecule has 0 saturated carbocycles. The summed E-state index contributed by atoms with van der Waals surface area (Å²) < 4.78 is 15.3. The van der Waals surface area contributed by atoms with Crippen LogP contribution < -0.4 is 10.6 Å². The quantitative estimate of drug-likeness (QED) is 0.452. The van der Waals surface area contributed by atoms with Crippen LogP contribution >= 0.6 is 0 Å². The minimum atomic E-state index is -0.453. The van der Waals surface area contributed by atoms with Gasteiger partial charge in [-0.25, -0.2) is 4.79 Å². The van der Waals surface area contributed by atoms with Crippen LogP contribution in [0.4, 0.5) is 4.79 Å². The van der Waals surface area contributed by atoms with E-state index in [1.54, 1.807) is 6.92 Å². The normalized spacial score (nSPS) is 10.3. The number of carbonyl (C=O) groups excluding carboxylic acids is 2. The van der Waals surface area contributed by atoms with E-state index in [1.807, 2.05) is 13.8 Å². The van der Waals surface area contributed by atoms with Gasteiger partial charge in [0.2, 0.25) is 0 Å². The molecule has 0 aromatic heterocycles. The number of nitrogens with one attached hydrogen (secondary N) is 2. The molecule has 0 saturated heterocycles. The predicted octanol–water partition coefficient (Wildman–Crippen LogP) is 0.638. The molecule has 7 nitrogen and oxygen atoms in total. The average molecular weight is 276 g/mol. The summed E-state index contributed by atoms with van der Waals surface area (Å²) in [6, 6.07) is -0.367. The van der Waals surface area contributed by atoms with Gasteiger partial charge in [0, 0.05) is 19.8 Å². The maximum atomic E-state index is 11.4. The second kappa shape index (κ2) is 11.7. The van der Waals surface area contributed by atoms with E-state index in [0.717, 1.165) is 0 Å². The molecular weight excluding hydrogens is 252 g/mol. The fraction of sp³-hybridized carbons (Fsp3) is 0.833. The molecule has 0 aromatic carbocycles. The van der Waals surface area contributed by atoms with Crippen molar-refractivity contribution in [2.45, 2.75) is 33.5 Å². The van der Waals surface area contributed by atoms with Crippen LogP contribution in [0.3, 0.4) is 0 Å². The van der Waals surface area contributed by atoms with Gasteiger partial charge in [-0.15, -0.1) is 0 Å². The highest BCUT2D eigenvalue weighted by Crippen LogP contribution is 1.93. The van der Waals surface area contributed by atoms with Gasteiger partial charge in [-0.1, -0.05) is 0 Å². The van der Waals surface area contributed by atoms with E-state index >= 15 is 0 Å². The highest BCUT2D eigenvalue weighted by molar-refractivity contribution is 5.75. The van der Waals surface area contributed by atoms with Gasteiger partial charge in [-0.3, -0.25) is 4.79 Å². The van der Waals surface area contributed by atoms with Crippen LogP contribution in [-0.4, -0.2) is 51.2 Å². The minimum Gasteiger partial charge on any atom is -0.466 e. The summed E-state index contributed by atoms with van der Waals surface area (Å²) in [4.78, 5) is 22.4. The topological polar surface area (TPSA) is 85.9 Å². The SMILES string of the molecule is CCOC(=O)CCNC(=O)NCC(OCC)OCC. The first-order valence-corrected chi connectivity index (χ1v) is 6.54. The van der Waals surface area contributed by atoms with Gasteiger partial charge in [0.1, 0.15) is 0 Å². The first kappa shape index (κ1) is 17.7. The van der Waals surface area contributed by atoms with Crippen LogP contribution in [0, 0.1) is 0 Å². The van der Waals surface area contributed by atoms with Crippen LogP contribution in [0.2, 0.25) is 0 Å². The molecule has 112 valence electrons. The molecule has 0 radical (unpaired) electrons. The molecule has 2 N–H and O–H groups in total. The number of rotatable bonds is 10. The molecule has 0 heterocycles. The molecule has 0 fully saturated rings. The Balaban J connectivity index is 3.69. The lowest BCUT2D eigenvalue weighted by molar-refractivity contribution is -0.142. The smallest absolute Gasteiger partial charge is 0.314 e. The summed E-state index contributed by atoms with van der Waals surface area (Å²) in [5.74, 6) is -0.329. The number of carbonyl (C=O) groups is 2. The highest BCUT2D eigenvalue weighted by atomic mass is 16.7. The van der Waals surface area contributed by atoms with Crippen molar-refractivity contribution in [3.8, 4) is 0 Å². The molecule has 0 aliphatic heterocycles. The lowest BCUT2D eigenvalue weighted by Gasteiger charge is -2.17. The van der Waals surface area contributed by atoms with Crippen LogP contribution in [0.1, 0.15) is 27.2 Å². The van der Waals surface area contributed by atoms with E-state index in [0.29, 0.717) is 19.8 Å². The molecule has 2 amide bonds. The molecule has 0 aliphatic carbocycles. The average Bonchev–Trinajstić information content (AvgIpc) is 2.37. The lowest BCUT2D eigenvalue weighted by Crippen LogP contribution is -2.42. The minimum absolute atomic E-state index is 0.154. The van der Waals surface area contributed by atoms with E-state index in [9.17, 15) is 9.59 Å². The zero-order valence-corrected chi connectivity index (χ0v) is 11.9. The standard InChI is InChI=1S/C12H24N2O5/c1-4-17-10(15)7-8-13-12(16)14-9-11(18-5-2)19-6-3/h11H,4-9H2,1-3H3,(H2,13,14,16). The van der Waals surface area contributed by atoms with Crippen LogP contribution in [0.5, 0.6) is 0 Å². The molecule has 0 aliphatic rings. The lowest BCUT2D eigenvalue weighted by atomic mass is 10.4. The molecule has 0 atom stereocenters. The van der Waals surface area contributed by atoms with Crippen molar-refractivity contribution < 1.29 is 23.8 Å². The van der Waals surface area contributed by atoms with Crippen LogP contribution in [0.15, 0.2) is 0 Å². The number of hydrogen-bond acceptors (Lipinski definition) is 5. The summed E-state index contributed by atoms with van der Waals surface area (Å²) in [6.45, 7) is 7.30. The Morgan fingerprint density at radius 1 is 1.00 bits per heavy atom. The Kier molecular flexibility index (Phi) is 10.9. The predicted molar refractivity (Wildman–Crippen MR) is 69.7 cm³/mol. The number of amides is 2. The summed E-state index contributed by atoms with van der Waals surface area (Å²) in [6.07, 6.45) is -0.299. The number of esters is 1. The van der Waals surface area contributed by atoms with E-state index < -0.39 is 6.29 Å². The maximum Gasteiger partial charge on any atom is 0.314 e. The second-order valence-corrected chi connectivity index (χ2v) is 3.53. The molecule has 0 aromatic rings. The third-order valence-electron chi connectivity index (χ3n) is 2.05. The molecule has 7 heteroatoms. The Morgan fingerprint density at radius 3 is 2.16 bits per heavy atom. The van der Waals surface area contributed by atoms with Crippen molar-refractivity contribution in [1.29, 1.82) is 0 Å². The van der Waals surface area contributed by atoms with E-state index in [-0.39, 0.29) is 31.5 Å². The summed E-state index contributed by atoms with van der Waals surface area (Å²) in [5.41, 5.74) is 0. The molecule has 0 unspecified atom stereocenters. The third kappa shape index (κ3) is 10.3. The first-order chi connectivity index (χ1) is 9.13. The monoisotopic (exact) mass is 276 g/mol. The zero-order chi connectivity index (χ0) is 14.5. The highest BCUT2D eigenvalue weighted by Gasteiger charge is 2.10. The van der Waals surface area contributed by atoms with Gasteiger partial charge in [0.25, 0.3) is 0 Å². The fourth-order valence-corrected chi connectivity index (χ4v) is 1.29. The molecule has 0 bridgehead atoms. The Morgan fingerprint density at radius 2 is 1.63 bits per heavy atom. The van der Waals surface area contributed by atoms with Gasteiger partial charge in [-0.05, 0) is 20.8 Å². The van der Waals surface area contributed by atoms with Gasteiger partial charge in [-0.2, -0.15) is 0 Å². The molecular formula is C12H24N2O5. The molecule has 19 heavy (non-hydrogen) atoms. The fourth-order valence-electron chi connectivity index (χ4n) is 1.29. The Bertz CT molecular complexity index is 255. The van der Waals surface area contributed by atoms with E-state index in [1.165, 1.54) is 0 Å².